The molecule has 5 heteroatoms. The summed E-state index contributed by atoms with van der Waals surface area (Å²) in [5.41, 5.74) is 3.79. The Morgan fingerprint density at radius 1 is 1.21 bits per heavy atom. The van der Waals surface area contributed by atoms with Gasteiger partial charge in [0.05, 0.1) is 5.92 Å². The summed E-state index contributed by atoms with van der Waals surface area (Å²) in [6.07, 6.45) is 2.22. The molecular formula is C9H13NO4. The van der Waals surface area contributed by atoms with Crippen molar-refractivity contribution in [3.05, 3.63) is 0 Å². The molecule has 0 unspecified atom stereocenters. The summed E-state index contributed by atoms with van der Waals surface area (Å²) in [6.45, 7) is 0. The second-order valence-electron chi connectivity index (χ2n) is 4.36. The van der Waals surface area contributed by atoms with Crippen LogP contribution in [0, 0.1) is 11.3 Å². The Morgan fingerprint density at radius 2 is 1.86 bits per heavy atom. The summed E-state index contributed by atoms with van der Waals surface area (Å²) in [4.78, 5) is 21.8. The molecule has 2 fully saturated rings. The number of carbonyl (C=O) groups is 2. The van der Waals surface area contributed by atoms with Crippen molar-refractivity contribution in [1.82, 2.24) is 0 Å². The summed E-state index contributed by atoms with van der Waals surface area (Å²) in [6, 6.07) is 0. The molecule has 0 aromatic heterocycles. The van der Waals surface area contributed by atoms with Crippen molar-refractivity contribution >= 4 is 11.9 Å². The first kappa shape index (κ1) is 9.45. The van der Waals surface area contributed by atoms with Gasteiger partial charge in [0.2, 0.25) is 0 Å². The molecule has 0 saturated heterocycles. The van der Waals surface area contributed by atoms with Crippen LogP contribution in [0.2, 0.25) is 0 Å². The van der Waals surface area contributed by atoms with Crippen LogP contribution in [0.1, 0.15) is 25.7 Å². The molecule has 2 aliphatic rings. The molecule has 78 valence electrons. The lowest BCUT2D eigenvalue weighted by atomic mass is 9.41. The van der Waals surface area contributed by atoms with Gasteiger partial charge in [-0.15, -0.1) is 0 Å². The largest absolute Gasteiger partial charge is 0.481 e. The molecule has 1 spiro atoms. The second-order valence-corrected chi connectivity index (χ2v) is 4.36. The summed E-state index contributed by atoms with van der Waals surface area (Å²) in [7, 11) is 0. The average molecular weight is 199 g/mol. The van der Waals surface area contributed by atoms with Crippen LogP contribution in [0.15, 0.2) is 0 Å². The minimum atomic E-state index is -1.30. The van der Waals surface area contributed by atoms with Crippen molar-refractivity contribution in [2.24, 2.45) is 17.1 Å². The Hall–Kier alpha value is -1.10. The van der Waals surface area contributed by atoms with E-state index in [-0.39, 0.29) is 0 Å². The molecule has 4 N–H and O–H groups in total. The second kappa shape index (κ2) is 2.48. The summed E-state index contributed by atoms with van der Waals surface area (Å²) in [5, 5.41) is 17.9. The fraction of sp³-hybridized carbons (Fsp3) is 0.778. The Balaban J connectivity index is 2.26. The number of carboxylic acid groups (broad SMARTS) is 2. The number of nitrogens with two attached hydrogens (primary N) is 1. The van der Waals surface area contributed by atoms with Gasteiger partial charge in [-0.05, 0) is 25.7 Å². The summed E-state index contributed by atoms with van der Waals surface area (Å²) in [5.74, 6) is -2.53. The predicted molar refractivity (Wildman–Crippen MR) is 46.6 cm³/mol. The molecule has 0 amide bonds. The third kappa shape index (κ3) is 0.785. The maximum atomic E-state index is 11.0. The van der Waals surface area contributed by atoms with Crippen molar-refractivity contribution in [3.63, 3.8) is 0 Å². The lowest BCUT2D eigenvalue weighted by Gasteiger charge is -2.63. The molecule has 3 atom stereocenters. The normalized spacial score (nSPS) is 45.4. The van der Waals surface area contributed by atoms with Crippen LogP contribution in [0.4, 0.5) is 0 Å². The van der Waals surface area contributed by atoms with E-state index in [9.17, 15) is 9.59 Å². The number of hydrogen-bond acceptors (Lipinski definition) is 3. The van der Waals surface area contributed by atoms with Crippen LogP contribution in [-0.4, -0.2) is 27.7 Å². The fourth-order valence-corrected chi connectivity index (χ4v) is 2.87. The van der Waals surface area contributed by atoms with Gasteiger partial charge in [0.25, 0.3) is 0 Å². The van der Waals surface area contributed by atoms with Crippen molar-refractivity contribution < 1.29 is 19.8 Å². The highest BCUT2D eigenvalue weighted by molar-refractivity contribution is 5.85. The van der Waals surface area contributed by atoms with Gasteiger partial charge in [-0.25, -0.2) is 0 Å². The van der Waals surface area contributed by atoms with Gasteiger partial charge in [0, 0.05) is 5.41 Å². The van der Waals surface area contributed by atoms with Gasteiger partial charge in [-0.1, -0.05) is 0 Å². The van der Waals surface area contributed by atoms with Gasteiger partial charge in [-0.3, -0.25) is 9.59 Å². The zero-order valence-electron chi connectivity index (χ0n) is 7.69. The van der Waals surface area contributed by atoms with Crippen LogP contribution in [0.5, 0.6) is 0 Å². The molecule has 2 aliphatic carbocycles. The maximum absolute atomic E-state index is 11.0. The monoisotopic (exact) mass is 199 g/mol. The third-order valence-electron chi connectivity index (χ3n) is 4.08. The van der Waals surface area contributed by atoms with Gasteiger partial charge < -0.3 is 15.9 Å². The highest BCUT2D eigenvalue weighted by atomic mass is 16.4. The Labute approximate surface area is 80.9 Å². The van der Waals surface area contributed by atoms with Crippen molar-refractivity contribution in [1.29, 1.82) is 0 Å². The molecule has 0 aromatic carbocycles. The Kier molecular flexibility index (Phi) is 1.67. The standard InChI is InChI=1S/C9H13NO4/c10-9(7(13)14)4-3-8(9)2-1-5(8)6(11)12/h5H,1-4,10H2,(H,11,12)(H,13,14)/t5-,8+,9-/m0/s1. The van der Waals surface area contributed by atoms with Crippen molar-refractivity contribution in [3.8, 4) is 0 Å². The number of rotatable bonds is 2. The highest BCUT2D eigenvalue weighted by Gasteiger charge is 2.70. The Morgan fingerprint density at radius 3 is 2.07 bits per heavy atom. The first-order valence-corrected chi connectivity index (χ1v) is 4.69. The molecule has 0 radical (unpaired) electrons. The molecule has 2 rings (SSSR count). The highest BCUT2D eigenvalue weighted by Crippen LogP contribution is 2.64. The summed E-state index contributed by atoms with van der Waals surface area (Å²) < 4.78 is 0. The van der Waals surface area contributed by atoms with E-state index in [4.69, 9.17) is 15.9 Å². The lowest BCUT2D eigenvalue weighted by Crippen LogP contribution is -2.74. The maximum Gasteiger partial charge on any atom is 0.324 e. The molecule has 0 bridgehead atoms. The first-order valence-electron chi connectivity index (χ1n) is 4.69. The van der Waals surface area contributed by atoms with Crippen molar-refractivity contribution in [2.75, 3.05) is 0 Å². The minimum Gasteiger partial charge on any atom is -0.481 e. The number of carboxylic acids is 2. The molecule has 5 nitrogen and oxygen atoms in total. The number of aliphatic carboxylic acids is 2. The molecule has 0 aliphatic heterocycles. The zero-order valence-corrected chi connectivity index (χ0v) is 7.69. The van der Waals surface area contributed by atoms with Crippen LogP contribution < -0.4 is 5.73 Å². The van der Waals surface area contributed by atoms with E-state index in [1.807, 2.05) is 0 Å². The van der Waals surface area contributed by atoms with Crippen molar-refractivity contribution in [2.45, 2.75) is 31.2 Å². The first-order chi connectivity index (χ1) is 6.44. The number of hydrogen-bond donors (Lipinski definition) is 3. The lowest BCUT2D eigenvalue weighted by molar-refractivity contribution is -0.191. The molecular weight excluding hydrogens is 186 g/mol. The van der Waals surface area contributed by atoms with Crippen LogP contribution in [0.25, 0.3) is 0 Å². The van der Waals surface area contributed by atoms with Gasteiger partial charge in [-0.2, -0.15) is 0 Å². The zero-order chi connectivity index (χ0) is 10.6. The van der Waals surface area contributed by atoms with Gasteiger partial charge >= 0.3 is 11.9 Å². The predicted octanol–water partition coefficient (Wildman–Crippen LogP) is 0.0433. The average Bonchev–Trinajstić information content (AvgIpc) is 1.97. The van der Waals surface area contributed by atoms with E-state index in [0.717, 1.165) is 0 Å². The van der Waals surface area contributed by atoms with Gasteiger partial charge in [0.1, 0.15) is 5.54 Å². The topological polar surface area (TPSA) is 101 Å². The molecule has 2 saturated carbocycles. The van der Waals surface area contributed by atoms with E-state index in [1.54, 1.807) is 0 Å². The quantitative estimate of drug-likeness (QED) is 0.583. The SMILES string of the molecule is N[C@]1(C(=O)O)CC[C@@]12CC[C@H]2C(=O)O. The molecule has 14 heavy (non-hydrogen) atoms. The van der Waals surface area contributed by atoms with E-state index in [2.05, 4.69) is 0 Å². The van der Waals surface area contributed by atoms with E-state index in [1.165, 1.54) is 0 Å². The van der Waals surface area contributed by atoms with E-state index < -0.39 is 28.8 Å². The molecule has 0 heterocycles. The van der Waals surface area contributed by atoms with Gasteiger partial charge in [0.15, 0.2) is 0 Å². The summed E-state index contributed by atoms with van der Waals surface area (Å²) >= 11 is 0. The van der Waals surface area contributed by atoms with E-state index in [0.29, 0.717) is 25.7 Å². The van der Waals surface area contributed by atoms with Crippen LogP contribution >= 0.6 is 0 Å². The third-order valence-corrected chi connectivity index (χ3v) is 4.08. The van der Waals surface area contributed by atoms with E-state index >= 15 is 0 Å². The smallest absolute Gasteiger partial charge is 0.324 e. The Bertz CT molecular complexity index is 312. The van der Waals surface area contributed by atoms with Crippen LogP contribution in [-0.2, 0) is 9.59 Å². The van der Waals surface area contributed by atoms with Crippen LogP contribution in [0.3, 0.4) is 0 Å². The minimum absolute atomic E-state index is 0.395. The molecule has 0 aromatic rings. The fourth-order valence-electron chi connectivity index (χ4n) is 2.87.